The monoisotopic (exact) mass is 409 g/mol. The van der Waals surface area contributed by atoms with Crippen LogP contribution in [0.3, 0.4) is 0 Å². The first-order valence-electron chi connectivity index (χ1n) is 10.3. The van der Waals surface area contributed by atoms with Gasteiger partial charge in [0.25, 0.3) is 0 Å². The Kier molecular flexibility index (Phi) is 22.6. The Labute approximate surface area is 173 Å². The van der Waals surface area contributed by atoms with Gasteiger partial charge in [-0.15, -0.1) is 0 Å². The predicted molar refractivity (Wildman–Crippen MR) is 116 cm³/mol. The summed E-state index contributed by atoms with van der Waals surface area (Å²) >= 11 is 4.41. The van der Waals surface area contributed by atoms with Crippen molar-refractivity contribution in [3.63, 3.8) is 0 Å². The van der Waals surface area contributed by atoms with E-state index in [-0.39, 0.29) is 19.4 Å². The highest BCUT2D eigenvalue weighted by atomic mass is 32.1. The molecule has 164 valence electrons. The van der Waals surface area contributed by atoms with Crippen LogP contribution in [-0.4, -0.2) is 56.2 Å². The molecular weight excluding hydrogens is 366 g/mol. The molecule has 7 heteroatoms. The Bertz CT molecular complexity index is 353. The number of carbonyl (C=O) groups excluding carboxylic acids is 2. The summed E-state index contributed by atoms with van der Waals surface area (Å²) in [5, 5.41) is 3.11. The molecule has 0 unspecified atom stereocenters. The summed E-state index contributed by atoms with van der Waals surface area (Å²) in [5.74, 6) is 0.117. The molecular formula is C20H43NO5S. The van der Waals surface area contributed by atoms with Gasteiger partial charge in [0, 0.05) is 19.6 Å². The SMILES string of the molecule is CC.CC(=O)CCOCCOCCNC(=O)OC1CCC(S)CC1.CCC.[HH]. The van der Waals surface area contributed by atoms with Gasteiger partial charge in [-0.3, -0.25) is 4.79 Å². The summed E-state index contributed by atoms with van der Waals surface area (Å²) in [6.45, 7) is 11.9. The smallest absolute Gasteiger partial charge is 0.407 e. The second kappa shape index (κ2) is 21.5. The molecule has 6 nitrogen and oxygen atoms in total. The maximum atomic E-state index is 11.6. The van der Waals surface area contributed by atoms with Crippen LogP contribution in [0.4, 0.5) is 4.79 Å². The zero-order valence-electron chi connectivity index (χ0n) is 17.9. The number of ether oxygens (including phenoxy) is 3. The van der Waals surface area contributed by atoms with Crippen molar-refractivity contribution in [2.75, 3.05) is 33.0 Å². The number of Topliss-reactive ketones (excluding diaryl/α,β-unsaturated/α-hetero) is 1. The molecule has 1 N–H and O–H groups in total. The first-order valence-corrected chi connectivity index (χ1v) is 10.8. The normalized spacial score (nSPS) is 18.3. The number of carbonyl (C=O) groups is 2. The Morgan fingerprint density at radius 3 is 2.04 bits per heavy atom. The van der Waals surface area contributed by atoms with Gasteiger partial charge in [-0.25, -0.2) is 4.79 Å². The van der Waals surface area contributed by atoms with Crippen molar-refractivity contribution in [1.29, 1.82) is 0 Å². The molecule has 0 aliphatic heterocycles. The van der Waals surface area contributed by atoms with Gasteiger partial charge in [-0.2, -0.15) is 12.6 Å². The van der Waals surface area contributed by atoms with Crippen LogP contribution in [0.2, 0.25) is 0 Å². The fraction of sp³-hybridized carbons (Fsp3) is 0.900. The fourth-order valence-corrected chi connectivity index (χ4v) is 2.42. The van der Waals surface area contributed by atoms with Gasteiger partial charge < -0.3 is 19.5 Å². The largest absolute Gasteiger partial charge is 0.446 e. The van der Waals surface area contributed by atoms with E-state index in [0.29, 0.717) is 44.6 Å². The molecule has 0 aromatic rings. The van der Waals surface area contributed by atoms with Crippen LogP contribution >= 0.6 is 12.6 Å². The molecule has 1 saturated carbocycles. The summed E-state index contributed by atoms with van der Waals surface area (Å²) in [7, 11) is 0. The van der Waals surface area contributed by atoms with E-state index >= 15 is 0 Å². The molecule has 0 heterocycles. The molecule has 1 aliphatic carbocycles. The zero-order chi connectivity index (χ0) is 20.9. The van der Waals surface area contributed by atoms with Crippen molar-refractivity contribution < 1.29 is 25.2 Å². The van der Waals surface area contributed by atoms with E-state index in [4.69, 9.17) is 14.2 Å². The van der Waals surface area contributed by atoms with Gasteiger partial charge in [0.2, 0.25) is 0 Å². The third kappa shape index (κ3) is 21.4. The van der Waals surface area contributed by atoms with E-state index in [0.717, 1.165) is 25.7 Å². The highest BCUT2D eigenvalue weighted by Gasteiger charge is 2.21. The molecule has 1 amide bonds. The summed E-state index contributed by atoms with van der Waals surface area (Å²) in [4.78, 5) is 22.2. The lowest BCUT2D eigenvalue weighted by Crippen LogP contribution is -2.33. The average Bonchev–Trinajstić information content (AvgIpc) is 2.64. The maximum absolute atomic E-state index is 11.6. The lowest BCUT2D eigenvalue weighted by atomic mass is 9.97. The molecule has 0 radical (unpaired) electrons. The lowest BCUT2D eigenvalue weighted by Gasteiger charge is -2.25. The van der Waals surface area contributed by atoms with Gasteiger partial charge in [-0.05, 0) is 32.6 Å². The van der Waals surface area contributed by atoms with Crippen molar-refractivity contribution in [2.45, 2.75) is 84.5 Å². The van der Waals surface area contributed by atoms with Crippen molar-refractivity contribution >= 4 is 24.5 Å². The molecule has 0 bridgehead atoms. The number of hydrogen-bond donors (Lipinski definition) is 2. The predicted octanol–water partition coefficient (Wildman–Crippen LogP) is 4.65. The highest BCUT2D eigenvalue weighted by molar-refractivity contribution is 7.80. The van der Waals surface area contributed by atoms with Gasteiger partial charge in [0.15, 0.2) is 0 Å². The zero-order valence-corrected chi connectivity index (χ0v) is 18.8. The van der Waals surface area contributed by atoms with Crippen molar-refractivity contribution in [1.82, 2.24) is 5.32 Å². The molecule has 27 heavy (non-hydrogen) atoms. The minimum absolute atomic E-state index is 0. The van der Waals surface area contributed by atoms with Crippen LogP contribution in [0, 0.1) is 0 Å². The van der Waals surface area contributed by atoms with E-state index in [1.807, 2.05) is 13.8 Å². The van der Waals surface area contributed by atoms with E-state index in [1.54, 1.807) is 0 Å². The Morgan fingerprint density at radius 1 is 1.00 bits per heavy atom. The number of amides is 1. The average molecular weight is 410 g/mol. The maximum Gasteiger partial charge on any atom is 0.407 e. The number of rotatable bonds is 10. The molecule has 0 spiro atoms. The quantitative estimate of drug-likeness (QED) is 0.406. The first kappa shape index (κ1) is 28.4. The Morgan fingerprint density at radius 2 is 1.52 bits per heavy atom. The topological polar surface area (TPSA) is 73.9 Å². The molecule has 1 fully saturated rings. The summed E-state index contributed by atoms with van der Waals surface area (Å²) in [6.07, 6.45) is 5.07. The number of nitrogens with one attached hydrogen (secondary N) is 1. The van der Waals surface area contributed by atoms with Gasteiger partial charge >= 0.3 is 6.09 Å². The first-order chi connectivity index (χ1) is 13.0. The van der Waals surface area contributed by atoms with Crippen LogP contribution in [-0.2, 0) is 19.0 Å². The van der Waals surface area contributed by atoms with Crippen LogP contribution in [0.25, 0.3) is 0 Å². The minimum Gasteiger partial charge on any atom is -0.446 e. The van der Waals surface area contributed by atoms with Crippen LogP contribution in [0.15, 0.2) is 0 Å². The summed E-state index contributed by atoms with van der Waals surface area (Å²) in [5.41, 5.74) is 0. The third-order valence-corrected chi connectivity index (χ3v) is 3.92. The fourth-order valence-electron chi connectivity index (χ4n) is 2.12. The number of ketones is 1. The molecule has 0 aromatic carbocycles. The highest BCUT2D eigenvalue weighted by Crippen LogP contribution is 2.24. The van der Waals surface area contributed by atoms with E-state index in [1.165, 1.54) is 13.3 Å². The van der Waals surface area contributed by atoms with E-state index < -0.39 is 0 Å². The van der Waals surface area contributed by atoms with Crippen LogP contribution < -0.4 is 5.32 Å². The summed E-state index contributed by atoms with van der Waals surface area (Å²) < 4.78 is 15.8. The molecule has 0 saturated heterocycles. The van der Waals surface area contributed by atoms with E-state index in [9.17, 15) is 9.59 Å². The Hall–Kier alpha value is -0.790. The van der Waals surface area contributed by atoms with E-state index in [2.05, 4.69) is 31.8 Å². The standard InChI is InChI=1S/C15H27NO5S.C3H8.C2H6.H2/c1-12(17)6-8-19-10-11-20-9-7-16-15(18)21-13-2-4-14(22)5-3-13;1-3-2;1-2;/h13-14,22H,2-11H2,1H3,(H,16,18);3H2,1-2H3;1-2H3;1H. The van der Waals surface area contributed by atoms with Gasteiger partial charge in [0.1, 0.15) is 11.9 Å². The van der Waals surface area contributed by atoms with Gasteiger partial charge in [0.05, 0.1) is 26.4 Å². The molecule has 0 aromatic heterocycles. The number of alkyl carbamates (subject to hydrolysis) is 1. The van der Waals surface area contributed by atoms with Gasteiger partial charge in [-0.1, -0.05) is 34.1 Å². The lowest BCUT2D eigenvalue weighted by molar-refractivity contribution is -0.118. The Balaban J connectivity index is -0.000000946. The van der Waals surface area contributed by atoms with Crippen molar-refractivity contribution in [2.24, 2.45) is 0 Å². The van der Waals surface area contributed by atoms with Crippen molar-refractivity contribution in [3.05, 3.63) is 0 Å². The second-order valence-corrected chi connectivity index (χ2v) is 6.88. The minimum atomic E-state index is -0.385. The van der Waals surface area contributed by atoms with Crippen molar-refractivity contribution in [3.8, 4) is 0 Å². The molecule has 1 aliphatic rings. The second-order valence-electron chi connectivity index (χ2n) is 6.15. The number of hydrogen-bond acceptors (Lipinski definition) is 6. The summed E-state index contributed by atoms with van der Waals surface area (Å²) in [6, 6.07) is 0. The third-order valence-electron chi connectivity index (χ3n) is 3.40. The molecule has 0 atom stereocenters. The van der Waals surface area contributed by atoms with Crippen LogP contribution in [0.1, 0.15) is 74.6 Å². The number of thiol groups is 1. The van der Waals surface area contributed by atoms with Crippen LogP contribution in [0.5, 0.6) is 0 Å². The molecule has 1 rings (SSSR count).